The van der Waals surface area contributed by atoms with Crippen LogP contribution >= 0.6 is 0 Å². The molecule has 0 fully saturated rings. The van der Waals surface area contributed by atoms with E-state index in [1.54, 1.807) is 13.8 Å². The summed E-state index contributed by atoms with van der Waals surface area (Å²) in [6, 6.07) is 0. The summed E-state index contributed by atoms with van der Waals surface area (Å²) in [5, 5.41) is 0. The van der Waals surface area contributed by atoms with E-state index in [0.29, 0.717) is 31.0 Å². The smallest absolute Gasteiger partial charge is 0.333 e. The van der Waals surface area contributed by atoms with Crippen molar-refractivity contribution < 1.29 is 28.5 Å². The maximum atomic E-state index is 10.9. The van der Waals surface area contributed by atoms with Gasteiger partial charge in [0.2, 0.25) is 0 Å². The number of carbonyl (C=O) groups excluding carboxylic acids is 2. The topological polar surface area (TPSA) is 71.1 Å². The molecule has 0 heterocycles. The van der Waals surface area contributed by atoms with Crippen molar-refractivity contribution in [3.63, 3.8) is 0 Å². The van der Waals surface area contributed by atoms with Gasteiger partial charge in [-0.2, -0.15) is 0 Å². The van der Waals surface area contributed by atoms with E-state index in [2.05, 4.69) is 24.5 Å². The van der Waals surface area contributed by atoms with Crippen LogP contribution in [0, 0.1) is 0 Å². The molecule has 0 bridgehead atoms. The lowest BCUT2D eigenvalue weighted by atomic mass is 10.4. The third-order valence-electron chi connectivity index (χ3n) is 1.81. The van der Waals surface area contributed by atoms with E-state index < -0.39 is 5.97 Å². The fraction of sp³-hybridized carbons (Fsp3) is 0.467. The van der Waals surface area contributed by atoms with Crippen LogP contribution in [0.2, 0.25) is 0 Å². The average Bonchev–Trinajstić information content (AvgIpc) is 2.45. The minimum atomic E-state index is -0.393. The fourth-order valence-electron chi connectivity index (χ4n) is 0.783. The van der Waals surface area contributed by atoms with Gasteiger partial charge >= 0.3 is 11.9 Å². The molecule has 0 aromatic heterocycles. The van der Waals surface area contributed by atoms with Crippen LogP contribution in [0.4, 0.5) is 0 Å². The van der Waals surface area contributed by atoms with Crippen LogP contribution in [0.15, 0.2) is 37.1 Å². The van der Waals surface area contributed by atoms with E-state index in [4.69, 9.17) is 14.2 Å². The normalized spacial score (nSPS) is 8.71. The Hall–Kier alpha value is -2.08. The number of methoxy groups -OCH3 is 1. The van der Waals surface area contributed by atoms with Gasteiger partial charge in [0.25, 0.3) is 0 Å². The van der Waals surface area contributed by atoms with Crippen LogP contribution < -0.4 is 0 Å². The number of carbonyl (C=O) groups is 2. The molecule has 6 heteroatoms. The summed E-state index contributed by atoms with van der Waals surface area (Å²) in [7, 11) is 1.33. The highest BCUT2D eigenvalue weighted by Gasteiger charge is 2.01. The van der Waals surface area contributed by atoms with E-state index in [9.17, 15) is 9.59 Å². The molecule has 0 rings (SSSR count). The van der Waals surface area contributed by atoms with Gasteiger partial charge in [-0.1, -0.05) is 19.7 Å². The van der Waals surface area contributed by atoms with Crippen LogP contribution in [0.1, 0.15) is 13.8 Å². The summed E-state index contributed by atoms with van der Waals surface area (Å²) in [4.78, 5) is 21.1. The Morgan fingerprint density at radius 2 is 1.48 bits per heavy atom. The van der Waals surface area contributed by atoms with Crippen molar-refractivity contribution in [2.75, 3.05) is 33.5 Å². The van der Waals surface area contributed by atoms with E-state index in [-0.39, 0.29) is 12.6 Å². The molecule has 6 nitrogen and oxygen atoms in total. The predicted octanol–water partition coefficient (Wildman–Crippen LogP) is 2.02. The summed E-state index contributed by atoms with van der Waals surface area (Å²) in [6.07, 6.45) is 1.35. The second kappa shape index (κ2) is 14.3. The van der Waals surface area contributed by atoms with Crippen LogP contribution in [-0.4, -0.2) is 45.5 Å². The number of ether oxygens (including phenoxy) is 4. The Kier molecular flexibility index (Phi) is 14.5. The SMILES string of the molecule is C=C(C)C(=O)OC.C=COCCOCCOC(=O)C(=C)C. The second-order valence-corrected chi connectivity index (χ2v) is 3.84. The van der Waals surface area contributed by atoms with Crippen molar-refractivity contribution in [1.82, 2.24) is 0 Å². The maximum absolute atomic E-state index is 10.9. The monoisotopic (exact) mass is 300 g/mol. The highest BCUT2D eigenvalue weighted by Crippen LogP contribution is 1.91. The van der Waals surface area contributed by atoms with Crippen LogP contribution in [-0.2, 0) is 28.5 Å². The summed E-state index contributed by atoms with van der Waals surface area (Å²) in [6.45, 7) is 14.9. The minimum absolute atomic E-state index is 0.236. The molecule has 0 aliphatic rings. The molecule has 0 N–H and O–H groups in total. The first-order valence-electron chi connectivity index (χ1n) is 6.23. The largest absolute Gasteiger partial charge is 0.499 e. The number of hydrogen-bond donors (Lipinski definition) is 0. The van der Waals surface area contributed by atoms with E-state index in [0.717, 1.165) is 0 Å². The molecule has 0 saturated heterocycles. The molecule has 0 saturated carbocycles. The average molecular weight is 300 g/mol. The first kappa shape index (κ1) is 21.2. The maximum Gasteiger partial charge on any atom is 0.333 e. The number of esters is 2. The van der Waals surface area contributed by atoms with E-state index in [1.165, 1.54) is 13.4 Å². The third kappa shape index (κ3) is 15.9. The van der Waals surface area contributed by atoms with Gasteiger partial charge in [0.15, 0.2) is 0 Å². The van der Waals surface area contributed by atoms with Gasteiger partial charge in [0, 0.05) is 11.1 Å². The Balaban J connectivity index is 0. The van der Waals surface area contributed by atoms with Gasteiger partial charge in [0.1, 0.15) is 13.2 Å². The van der Waals surface area contributed by atoms with E-state index >= 15 is 0 Å². The Morgan fingerprint density at radius 1 is 0.952 bits per heavy atom. The van der Waals surface area contributed by atoms with Crippen molar-refractivity contribution in [2.45, 2.75) is 13.8 Å². The van der Waals surface area contributed by atoms with Crippen LogP contribution in [0.25, 0.3) is 0 Å². The van der Waals surface area contributed by atoms with Crippen LogP contribution in [0.5, 0.6) is 0 Å². The van der Waals surface area contributed by atoms with Gasteiger partial charge in [-0.05, 0) is 13.8 Å². The highest BCUT2D eigenvalue weighted by molar-refractivity contribution is 5.87. The van der Waals surface area contributed by atoms with Gasteiger partial charge in [-0.15, -0.1) is 0 Å². The molecule has 0 unspecified atom stereocenters. The van der Waals surface area contributed by atoms with Crippen molar-refractivity contribution in [3.05, 3.63) is 37.1 Å². The molecule has 0 aromatic rings. The summed E-state index contributed by atoms with van der Waals surface area (Å²) >= 11 is 0. The Bertz CT molecular complexity index is 359. The standard InChI is InChI=1S/C10H16O4.C5H8O2/c1-4-12-5-6-13-7-8-14-10(11)9(2)3;1-4(2)5(6)7-3/h4H,1-2,5-8H2,3H3;1H2,2-3H3. The van der Waals surface area contributed by atoms with Gasteiger partial charge in [-0.25, -0.2) is 9.59 Å². The van der Waals surface area contributed by atoms with Crippen molar-refractivity contribution in [3.8, 4) is 0 Å². The first-order valence-corrected chi connectivity index (χ1v) is 6.23. The molecule has 120 valence electrons. The predicted molar refractivity (Wildman–Crippen MR) is 79.6 cm³/mol. The molecule has 0 radical (unpaired) electrons. The lowest BCUT2D eigenvalue weighted by Gasteiger charge is -2.05. The molecule has 0 amide bonds. The molecule has 0 aliphatic carbocycles. The zero-order chi connectivity index (χ0) is 16.7. The first-order chi connectivity index (χ1) is 9.86. The van der Waals surface area contributed by atoms with E-state index in [1.807, 2.05) is 0 Å². The fourth-order valence-corrected chi connectivity index (χ4v) is 0.783. The lowest BCUT2D eigenvalue weighted by molar-refractivity contribution is -0.140. The van der Waals surface area contributed by atoms with Gasteiger partial charge in [0.05, 0.1) is 26.6 Å². The molecule has 0 spiro atoms. The van der Waals surface area contributed by atoms with Crippen molar-refractivity contribution in [2.24, 2.45) is 0 Å². The summed E-state index contributed by atoms with van der Waals surface area (Å²) < 4.78 is 19.0. The number of rotatable bonds is 9. The van der Waals surface area contributed by atoms with Crippen molar-refractivity contribution >= 4 is 11.9 Å². The zero-order valence-corrected chi connectivity index (χ0v) is 13.0. The Labute approximate surface area is 126 Å². The quantitative estimate of drug-likeness (QED) is 0.281. The van der Waals surface area contributed by atoms with Crippen LogP contribution in [0.3, 0.4) is 0 Å². The minimum Gasteiger partial charge on any atom is -0.499 e. The lowest BCUT2D eigenvalue weighted by Crippen LogP contribution is -2.12. The molecular weight excluding hydrogens is 276 g/mol. The highest BCUT2D eigenvalue weighted by atomic mass is 16.6. The van der Waals surface area contributed by atoms with Crippen molar-refractivity contribution in [1.29, 1.82) is 0 Å². The third-order valence-corrected chi connectivity index (χ3v) is 1.81. The molecule has 21 heavy (non-hydrogen) atoms. The zero-order valence-electron chi connectivity index (χ0n) is 13.0. The molecular formula is C15H24O6. The molecule has 0 aromatic carbocycles. The second-order valence-electron chi connectivity index (χ2n) is 3.84. The van der Waals surface area contributed by atoms with Gasteiger partial charge < -0.3 is 18.9 Å². The Morgan fingerprint density at radius 3 is 1.86 bits per heavy atom. The molecule has 0 aliphatic heterocycles. The molecule has 0 atom stereocenters. The number of hydrogen-bond acceptors (Lipinski definition) is 6. The summed E-state index contributed by atoms with van der Waals surface area (Å²) in [5.41, 5.74) is 0.822. The van der Waals surface area contributed by atoms with Gasteiger partial charge in [-0.3, -0.25) is 0 Å². The summed E-state index contributed by atoms with van der Waals surface area (Å²) in [5.74, 6) is -0.740.